The first kappa shape index (κ1) is 7.59. The molecule has 6 heteroatoms. The maximum atomic E-state index is 11.7. The van der Waals surface area contributed by atoms with Gasteiger partial charge in [-0.15, -0.1) is 13.2 Å². The fourth-order valence-corrected chi connectivity index (χ4v) is 0.732. The number of aromatic nitrogens is 2. The summed E-state index contributed by atoms with van der Waals surface area (Å²) in [6.45, 7) is 0. The first-order valence-electron chi connectivity index (χ1n) is 2.28. The molecule has 1 heterocycles. The van der Waals surface area contributed by atoms with Gasteiger partial charge in [-0.05, 0) is 22.0 Å². The van der Waals surface area contributed by atoms with E-state index in [2.05, 4.69) is 21.0 Å². The number of halogens is 4. The highest BCUT2D eigenvalue weighted by Crippen LogP contribution is 2.21. The van der Waals surface area contributed by atoms with E-state index in [4.69, 9.17) is 0 Å². The first-order valence-corrected chi connectivity index (χ1v) is 3.08. The Kier molecular flexibility index (Phi) is 1.72. The molecule has 0 saturated carbocycles. The van der Waals surface area contributed by atoms with Crippen molar-refractivity contribution in [1.29, 1.82) is 0 Å². The van der Waals surface area contributed by atoms with E-state index in [0.29, 0.717) is 0 Å². The van der Waals surface area contributed by atoms with Crippen molar-refractivity contribution >= 4 is 15.9 Å². The zero-order chi connectivity index (χ0) is 7.78. The number of nitrogens with zero attached hydrogens (tertiary/aromatic N) is 2. The molecule has 2 nitrogen and oxygen atoms in total. The Labute approximate surface area is 62.8 Å². The summed E-state index contributed by atoms with van der Waals surface area (Å²) in [5, 5.41) is 3.09. The van der Waals surface area contributed by atoms with Gasteiger partial charge in [0.15, 0.2) is 0 Å². The maximum Gasteiger partial charge on any atom is 0.504 e. The van der Waals surface area contributed by atoms with Crippen LogP contribution in [0, 0.1) is 0 Å². The van der Waals surface area contributed by atoms with Crippen LogP contribution in [0.1, 0.15) is 0 Å². The van der Waals surface area contributed by atoms with Crippen LogP contribution >= 0.6 is 15.9 Å². The predicted octanol–water partition coefficient (Wildman–Crippen LogP) is 2.12. The summed E-state index contributed by atoms with van der Waals surface area (Å²) in [5.41, 5.74) is 0. The molecule has 0 amide bonds. The van der Waals surface area contributed by atoms with E-state index >= 15 is 0 Å². The lowest BCUT2D eigenvalue weighted by Crippen LogP contribution is -2.16. The van der Waals surface area contributed by atoms with Gasteiger partial charge in [0.1, 0.15) is 4.60 Å². The molecule has 0 fully saturated rings. The summed E-state index contributed by atoms with van der Waals surface area (Å²) in [7, 11) is 0. The zero-order valence-corrected chi connectivity index (χ0v) is 6.15. The lowest BCUT2D eigenvalue weighted by Gasteiger charge is -2.03. The van der Waals surface area contributed by atoms with E-state index < -0.39 is 6.30 Å². The first-order chi connectivity index (χ1) is 4.50. The van der Waals surface area contributed by atoms with Crippen LogP contribution in [-0.4, -0.2) is 9.78 Å². The monoisotopic (exact) mass is 214 g/mol. The van der Waals surface area contributed by atoms with Gasteiger partial charge in [0.2, 0.25) is 0 Å². The van der Waals surface area contributed by atoms with Crippen LogP contribution in [0.25, 0.3) is 0 Å². The summed E-state index contributed by atoms with van der Waals surface area (Å²) in [6, 6.07) is 1.22. The third-order valence-corrected chi connectivity index (χ3v) is 1.24. The fraction of sp³-hybridized carbons (Fsp3) is 0.250. The van der Waals surface area contributed by atoms with Gasteiger partial charge < -0.3 is 0 Å². The van der Waals surface area contributed by atoms with Gasteiger partial charge in [-0.1, -0.05) is 0 Å². The van der Waals surface area contributed by atoms with Crippen molar-refractivity contribution in [1.82, 2.24) is 9.78 Å². The van der Waals surface area contributed by atoms with Crippen LogP contribution in [0.5, 0.6) is 0 Å². The molecular formula is C4H2BrF3N2. The van der Waals surface area contributed by atoms with Gasteiger partial charge in [-0.2, -0.15) is 9.78 Å². The second kappa shape index (κ2) is 2.26. The van der Waals surface area contributed by atoms with E-state index in [1.165, 1.54) is 6.07 Å². The van der Waals surface area contributed by atoms with Crippen LogP contribution in [0.2, 0.25) is 0 Å². The van der Waals surface area contributed by atoms with Gasteiger partial charge >= 0.3 is 6.30 Å². The van der Waals surface area contributed by atoms with Gasteiger partial charge in [-0.3, -0.25) is 0 Å². The topological polar surface area (TPSA) is 17.8 Å². The molecule has 0 bridgehead atoms. The van der Waals surface area contributed by atoms with Gasteiger partial charge in [0.05, 0.1) is 0 Å². The molecular weight excluding hydrogens is 213 g/mol. The van der Waals surface area contributed by atoms with E-state index in [0.717, 1.165) is 6.20 Å². The van der Waals surface area contributed by atoms with Crippen molar-refractivity contribution in [2.75, 3.05) is 0 Å². The standard InChI is InChI=1S/C4H2BrF3N2/c5-3-1-2-10(9-3)4(6,7)8/h1-2H. The van der Waals surface area contributed by atoms with Crippen LogP contribution in [0.3, 0.4) is 0 Å². The fourth-order valence-electron chi connectivity index (χ4n) is 0.443. The highest BCUT2D eigenvalue weighted by atomic mass is 79.9. The molecule has 0 aliphatic carbocycles. The summed E-state index contributed by atoms with van der Waals surface area (Å²) in [4.78, 5) is 0. The Morgan fingerprint density at radius 2 is 2.10 bits per heavy atom. The van der Waals surface area contributed by atoms with Gasteiger partial charge in [0.25, 0.3) is 0 Å². The summed E-state index contributed by atoms with van der Waals surface area (Å²) < 4.78 is 35.1. The third-order valence-electron chi connectivity index (χ3n) is 0.816. The normalized spacial score (nSPS) is 12.0. The largest absolute Gasteiger partial charge is 0.504 e. The second-order valence-electron chi connectivity index (χ2n) is 1.55. The quantitative estimate of drug-likeness (QED) is 0.647. The average Bonchev–Trinajstić information content (AvgIpc) is 2.11. The molecule has 0 N–H and O–H groups in total. The summed E-state index contributed by atoms with van der Waals surface area (Å²) >= 11 is 2.79. The molecule has 0 atom stereocenters. The Bertz CT molecular complexity index is 229. The van der Waals surface area contributed by atoms with E-state index in [1.54, 1.807) is 0 Å². The molecule has 1 rings (SSSR count). The van der Waals surface area contributed by atoms with Crippen molar-refractivity contribution in [3.8, 4) is 0 Å². The van der Waals surface area contributed by atoms with Crippen LogP contribution in [0.15, 0.2) is 16.9 Å². The molecule has 0 aliphatic rings. The van der Waals surface area contributed by atoms with E-state index in [1.807, 2.05) is 0 Å². The highest BCUT2D eigenvalue weighted by molar-refractivity contribution is 9.10. The maximum absolute atomic E-state index is 11.7. The number of hydrogen-bond donors (Lipinski definition) is 0. The molecule has 56 valence electrons. The molecule has 0 aromatic carbocycles. The zero-order valence-electron chi connectivity index (χ0n) is 4.56. The van der Waals surface area contributed by atoms with Crippen molar-refractivity contribution in [3.63, 3.8) is 0 Å². The minimum absolute atomic E-state index is 0.0723. The molecule has 0 radical (unpaired) electrons. The summed E-state index contributed by atoms with van der Waals surface area (Å²) in [6.07, 6.45) is -3.57. The summed E-state index contributed by atoms with van der Waals surface area (Å²) in [5.74, 6) is 0. The van der Waals surface area contributed by atoms with Gasteiger partial charge in [-0.25, -0.2) is 0 Å². The minimum atomic E-state index is -4.41. The smallest absolute Gasteiger partial charge is 0.178 e. The van der Waals surface area contributed by atoms with Gasteiger partial charge in [0, 0.05) is 6.20 Å². The lowest BCUT2D eigenvalue weighted by molar-refractivity contribution is -0.212. The minimum Gasteiger partial charge on any atom is -0.178 e. The van der Waals surface area contributed by atoms with Crippen LogP contribution < -0.4 is 0 Å². The lowest BCUT2D eigenvalue weighted by atomic mass is 10.7. The molecule has 0 aliphatic heterocycles. The average molecular weight is 215 g/mol. The molecule has 0 spiro atoms. The molecule has 1 aromatic heterocycles. The van der Waals surface area contributed by atoms with E-state index in [9.17, 15) is 13.2 Å². The molecule has 1 aromatic rings. The predicted molar refractivity (Wildman–Crippen MR) is 31.2 cm³/mol. The Morgan fingerprint density at radius 1 is 1.50 bits per heavy atom. The van der Waals surface area contributed by atoms with Crippen molar-refractivity contribution < 1.29 is 13.2 Å². The number of alkyl halides is 3. The van der Waals surface area contributed by atoms with Crippen LogP contribution in [-0.2, 0) is 6.30 Å². The third kappa shape index (κ3) is 1.50. The highest BCUT2D eigenvalue weighted by Gasteiger charge is 2.31. The van der Waals surface area contributed by atoms with Crippen molar-refractivity contribution in [3.05, 3.63) is 16.9 Å². The molecule has 10 heavy (non-hydrogen) atoms. The Balaban J connectivity index is 2.96. The Morgan fingerprint density at radius 3 is 2.30 bits per heavy atom. The Hall–Kier alpha value is -0.520. The number of hydrogen-bond acceptors (Lipinski definition) is 1. The van der Waals surface area contributed by atoms with Crippen molar-refractivity contribution in [2.45, 2.75) is 6.30 Å². The van der Waals surface area contributed by atoms with Crippen LogP contribution in [0.4, 0.5) is 13.2 Å². The van der Waals surface area contributed by atoms with Crippen molar-refractivity contribution in [2.24, 2.45) is 0 Å². The second-order valence-corrected chi connectivity index (χ2v) is 2.36. The number of rotatable bonds is 0. The van der Waals surface area contributed by atoms with E-state index in [-0.39, 0.29) is 9.28 Å². The SMILES string of the molecule is FC(F)(F)n1ccc(Br)n1. The molecule has 0 saturated heterocycles. The molecule has 0 unspecified atom stereocenters.